The van der Waals surface area contributed by atoms with Gasteiger partial charge in [-0.2, -0.15) is 5.01 Å². The molecule has 1 aromatic rings. The molecule has 1 atom stereocenters. The Morgan fingerprint density at radius 1 is 1.03 bits per heavy atom. The third-order valence-electron chi connectivity index (χ3n) is 6.64. The Balaban J connectivity index is 1.41. The van der Waals surface area contributed by atoms with Gasteiger partial charge in [0.25, 0.3) is 11.8 Å². The molecular weight excluding hydrogens is 396 g/mol. The molecule has 1 aliphatic carbocycles. The van der Waals surface area contributed by atoms with E-state index in [2.05, 4.69) is 10.7 Å². The van der Waals surface area contributed by atoms with E-state index >= 15 is 0 Å². The largest absolute Gasteiger partial charge is 0.344 e. The summed E-state index contributed by atoms with van der Waals surface area (Å²) in [5.74, 6) is -1.33. The van der Waals surface area contributed by atoms with Gasteiger partial charge in [0.15, 0.2) is 0 Å². The molecule has 0 unspecified atom stereocenters. The predicted molar refractivity (Wildman–Crippen MR) is 114 cm³/mol. The molecular formula is C23H30N4O4. The molecule has 166 valence electrons. The highest BCUT2D eigenvalue weighted by molar-refractivity contribution is 6.08. The van der Waals surface area contributed by atoms with Crippen molar-refractivity contribution in [2.24, 2.45) is 5.92 Å². The van der Waals surface area contributed by atoms with Crippen molar-refractivity contribution in [1.29, 1.82) is 0 Å². The van der Waals surface area contributed by atoms with E-state index in [1.165, 1.54) is 0 Å². The van der Waals surface area contributed by atoms with Crippen molar-refractivity contribution in [3.63, 3.8) is 0 Å². The standard InChI is InChI=1S/C23H30N4O4/c1-15-11-16(2)13-18(12-15)20(29)26-10-6-7-17(14-26)19(28)25-27-21(30)23(24-22(27)31)8-4-3-5-9-23/h11-13,17H,3-10,14H2,1-2H3,(H,24,31)(H,25,28)/t17-/m1/s1. The van der Waals surface area contributed by atoms with Gasteiger partial charge in [-0.1, -0.05) is 36.5 Å². The van der Waals surface area contributed by atoms with Crippen LogP contribution < -0.4 is 10.7 Å². The number of rotatable bonds is 3. The lowest BCUT2D eigenvalue weighted by Gasteiger charge is -2.33. The van der Waals surface area contributed by atoms with E-state index in [9.17, 15) is 19.2 Å². The first kappa shape index (κ1) is 21.3. The van der Waals surface area contributed by atoms with Crippen LogP contribution in [0.3, 0.4) is 0 Å². The zero-order valence-electron chi connectivity index (χ0n) is 18.2. The summed E-state index contributed by atoms with van der Waals surface area (Å²) in [5, 5.41) is 3.64. The van der Waals surface area contributed by atoms with Gasteiger partial charge in [-0.3, -0.25) is 19.8 Å². The predicted octanol–water partition coefficient (Wildman–Crippen LogP) is 2.44. The van der Waals surface area contributed by atoms with E-state index in [1.54, 1.807) is 4.90 Å². The maximum atomic E-state index is 13.0. The van der Waals surface area contributed by atoms with Gasteiger partial charge in [-0.15, -0.1) is 0 Å². The monoisotopic (exact) mass is 426 g/mol. The Labute approximate surface area is 182 Å². The maximum Gasteiger partial charge on any atom is 0.344 e. The summed E-state index contributed by atoms with van der Waals surface area (Å²) in [6.45, 7) is 4.76. The van der Waals surface area contributed by atoms with E-state index in [4.69, 9.17) is 0 Å². The van der Waals surface area contributed by atoms with Gasteiger partial charge in [0, 0.05) is 18.7 Å². The first-order chi connectivity index (χ1) is 14.8. The van der Waals surface area contributed by atoms with Crippen LogP contribution in [0, 0.1) is 19.8 Å². The highest BCUT2D eigenvalue weighted by atomic mass is 16.2. The third-order valence-corrected chi connectivity index (χ3v) is 6.64. The van der Waals surface area contributed by atoms with Gasteiger partial charge >= 0.3 is 6.03 Å². The average molecular weight is 427 g/mol. The molecule has 2 heterocycles. The number of carbonyl (C=O) groups excluding carboxylic acids is 4. The minimum Gasteiger partial charge on any atom is -0.338 e. The number of nitrogens with zero attached hydrogens (tertiary/aromatic N) is 2. The Hall–Kier alpha value is -2.90. The number of carbonyl (C=O) groups is 4. The smallest absolute Gasteiger partial charge is 0.338 e. The van der Waals surface area contributed by atoms with Crippen LogP contribution in [-0.4, -0.2) is 52.3 Å². The molecule has 0 bridgehead atoms. The van der Waals surface area contributed by atoms with Crippen LogP contribution in [0.1, 0.15) is 66.4 Å². The van der Waals surface area contributed by atoms with Crippen molar-refractivity contribution in [2.45, 2.75) is 64.3 Å². The van der Waals surface area contributed by atoms with E-state index in [0.717, 1.165) is 35.4 Å². The van der Waals surface area contributed by atoms with Crippen molar-refractivity contribution >= 4 is 23.8 Å². The molecule has 1 aromatic carbocycles. The first-order valence-corrected chi connectivity index (χ1v) is 11.1. The van der Waals surface area contributed by atoms with Gasteiger partial charge in [0.1, 0.15) is 5.54 Å². The summed E-state index contributed by atoms with van der Waals surface area (Å²) in [6, 6.07) is 5.16. The molecule has 8 nitrogen and oxygen atoms in total. The van der Waals surface area contributed by atoms with E-state index in [1.807, 2.05) is 32.0 Å². The van der Waals surface area contributed by atoms with Crippen molar-refractivity contribution in [1.82, 2.24) is 20.7 Å². The molecule has 5 amide bonds. The zero-order valence-corrected chi connectivity index (χ0v) is 18.2. The van der Waals surface area contributed by atoms with E-state index < -0.39 is 23.4 Å². The zero-order chi connectivity index (χ0) is 22.2. The Kier molecular flexibility index (Phi) is 5.73. The van der Waals surface area contributed by atoms with Crippen LogP contribution in [0.25, 0.3) is 0 Å². The molecule has 1 saturated carbocycles. The number of imide groups is 1. The summed E-state index contributed by atoms with van der Waals surface area (Å²) < 4.78 is 0. The number of nitrogens with one attached hydrogen (secondary N) is 2. The van der Waals surface area contributed by atoms with E-state index in [0.29, 0.717) is 37.8 Å². The van der Waals surface area contributed by atoms with Crippen LogP contribution in [0.4, 0.5) is 4.79 Å². The minimum atomic E-state index is -0.875. The Morgan fingerprint density at radius 2 is 1.71 bits per heavy atom. The number of hydrogen-bond donors (Lipinski definition) is 2. The quantitative estimate of drug-likeness (QED) is 0.725. The molecule has 0 aromatic heterocycles. The molecule has 31 heavy (non-hydrogen) atoms. The average Bonchev–Trinajstić information content (AvgIpc) is 2.97. The van der Waals surface area contributed by atoms with Crippen LogP contribution in [0.2, 0.25) is 0 Å². The summed E-state index contributed by atoms with van der Waals surface area (Å²) in [4.78, 5) is 52.9. The van der Waals surface area contributed by atoms with Crippen LogP contribution in [0.15, 0.2) is 18.2 Å². The normalized spacial score (nSPS) is 23.1. The second-order valence-electron chi connectivity index (χ2n) is 9.16. The van der Waals surface area contributed by atoms with Crippen LogP contribution >= 0.6 is 0 Å². The minimum absolute atomic E-state index is 0.0968. The fourth-order valence-corrected chi connectivity index (χ4v) is 5.07. The number of hydrogen-bond acceptors (Lipinski definition) is 4. The van der Waals surface area contributed by atoms with E-state index in [-0.39, 0.29) is 18.4 Å². The van der Waals surface area contributed by atoms with Gasteiger partial charge in [0.05, 0.1) is 5.92 Å². The second kappa shape index (κ2) is 8.32. The number of urea groups is 1. The van der Waals surface area contributed by atoms with Gasteiger partial charge in [-0.05, 0) is 51.7 Å². The third kappa shape index (κ3) is 4.16. The lowest BCUT2D eigenvalue weighted by atomic mass is 9.82. The fraction of sp³-hybridized carbons (Fsp3) is 0.565. The molecule has 3 fully saturated rings. The molecule has 4 rings (SSSR count). The molecule has 3 aliphatic rings. The number of hydrazine groups is 1. The highest BCUT2D eigenvalue weighted by Gasteiger charge is 2.52. The van der Waals surface area contributed by atoms with Gasteiger partial charge < -0.3 is 10.2 Å². The molecule has 2 aliphatic heterocycles. The molecule has 8 heteroatoms. The number of amides is 5. The summed E-state index contributed by atoms with van der Waals surface area (Å²) in [6.07, 6.45) is 5.31. The summed E-state index contributed by atoms with van der Waals surface area (Å²) >= 11 is 0. The molecule has 2 saturated heterocycles. The Bertz CT molecular complexity index is 902. The number of benzene rings is 1. The van der Waals surface area contributed by atoms with Crippen LogP contribution in [-0.2, 0) is 9.59 Å². The first-order valence-electron chi connectivity index (χ1n) is 11.1. The number of likely N-dealkylation sites (tertiary alicyclic amines) is 1. The lowest BCUT2D eigenvalue weighted by Crippen LogP contribution is -2.53. The Morgan fingerprint density at radius 3 is 2.39 bits per heavy atom. The highest BCUT2D eigenvalue weighted by Crippen LogP contribution is 2.33. The SMILES string of the molecule is Cc1cc(C)cc(C(=O)N2CCC[C@@H](C(=O)NN3C(=O)NC4(CCCCC4)C3=O)C2)c1. The number of aryl methyl sites for hydroxylation is 2. The topological polar surface area (TPSA) is 98.8 Å². The van der Waals surface area contributed by atoms with Crippen molar-refractivity contribution in [3.05, 3.63) is 34.9 Å². The second-order valence-corrected chi connectivity index (χ2v) is 9.16. The number of piperidine rings is 1. The molecule has 0 radical (unpaired) electrons. The van der Waals surface area contributed by atoms with Gasteiger partial charge in [-0.25, -0.2) is 4.79 Å². The lowest BCUT2D eigenvalue weighted by molar-refractivity contribution is -0.141. The maximum absolute atomic E-state index is 13.0. The van der Waals surface area contributed by atoms with Crippen molar-refractivity contribution in [2.75, 3.05) is 13.1 Å². The molecule has 1 spiro atoms. The van der Waals surface area contributed by atoms with Gasteiger partial charge in [0.2, 0.25) is 5.91 Å². The summed E-state index contributed by atoms with van der Waals surface area (Å²) in [5.41, 5.74) is 4.31. The summed E-state index contributed by atoms with van der Waals surface area (Å²) in [7, 11) is 0. The van der Waals surface area contributed by atoms with Crippen molar-refractivity contribution < 1.29 is 19.2 Å². The molecule has 2 N–H and O–H groups in total. The fourth-order valence-electron chi connectivity index (χ4n) is 5.07. The van der Waals surface area contributed by atoms with Crippen molar-refractivity contribution in [3.8, 4) is 0 Å². The van der Waals surface area contributed by atoms with Crippen LogP contribution in [0.5, 0.6) is 0 Å².